The molecule has 1 aliphatic heterocycles. The minimum atomic E-state index is -0.462. The maximum Gasteiger partial charge on any atom is 0.410 e. The van der Waals surface area contributed by atoms with Gasteiger partial charge in [-0.25, -0.2) is 4.79 Å². The van der Waals surface area contributed by atoms with Crippen molar-refractivity contribution in [2.45, 2.75) is 45.4 Å². The Bertz CT molecular complexity index is 471. The van der Waals surface area contributed by atoms with Crippen molar-refractivity contribution in [1.29, 1.82) is 0 Å². The van der Waals surface area contributed by atoms with Gasteiger partial charge in [-0.3, -0.25) is 4.90 Å². The predicted molar refractivity (Wildman–Crippen MR) is 84.5 cm³/mol. The highest BCUT2D eigenvalue weighted by atomic mass is 16.6. The fourth-order valence-corrected chi connectivity index (χ4v) is 2.74. The molecule has 0 radical (unpaired) electrons. The zero-order valence-corrected chi connectivity index (χ0v) is 13.9. The summed E-state index contributed by atoms with van der Waals surface area (Å²) in [6, 6.07) is 3.82. The molecule has 124 valence electrons. The standard InChI is InChI=1S/C16H27N3O3/c1-12(17)14(13-6-5-11-21-13)18-7-9-19(10-8-18)15(20)22-16(2,3)4/h5-6,11-12,14H,7-10,17H2,1-4H3. The van der Waals surface area contributed by atoms with Crippen molar-refractivity contribution in [3.63, 3.8) is 0 Å². The minimum Gasteiger partial charge on any atom is -0.468 e. The molecule has 0 spiro atoms. The van der Waals surface area contributed by atoms with Crippen molar-refractivity contribution in [3.8, 4) is 0 Å². The van der Waals surface area contributed by atoms with Crippen molar-refractivity contribution in [1.82, 2.24) is 9.80 Å². The minimum absolute atomic E-state index is 0.0378. The van der Waals surface area contributed by atoms with Gasteiger partial charge in [-0.2, -0.15) is 0 Å². The van der Waals surface area contributed by atoms with Crippen LogP contribution in [0.3, 0.4) is 0 Å². The van der Waals surface area contributed by atoms with E-state index in [2.05, 4.69) is 4.90 Å². The Labute approximate surface area is 132 Å². The van der Waals surface area contributed by atoms with E-state index in [0.717, 1.165) is 18.8 Å². The lowest BCUT2D eigenvalue weighted by Crippen LogP contribution is -2.53. The Morgan fingerprint density at radius 3 is 2.41 bits per heavy atom. The van der Waals surface area contributed by atoms with Crippen molar-refractivity contribution in [3.05, 3.63) is 24.2 Å². The first-order chi connectivity index (χ1) is 10.3. The second-order valence-electron chi connectivity index (χ2n) is 6.82. The fourth-order valence-electron chi connectivity index (χ4n) is 2.74. The molecule has 1 fully saturated rings. The molecule has 22 heavy (non-hydrogen) atoms. The van der Waals surface area contributed by atoms with Crippen LogP contribution in [0.15, 0.2) is 22.8 Å². The molecule has 2 rings (SSSR count). The zero-order chi connectivity index (χ0) is 16.3. The molecule has 0 saturated carbocycles. The molecule has 2 heterocycles. The van der Waals surface area contributed by atoms with Gasteiger partial charge in [-0.05, 0) is 39.8 Å². The highest BCUT2D eigenvalue weighted by Crippen LogP contribution is 2.25. The van der Waals surface area contributed by atoms with E-state index >= 15 is 0 Å². The van der Waals surface area contributed by atoms with Crippen LogP contribution in [-0.2, 0) is 4.74 Å². The molecule has 1 aromatic rings. The van der Waals surface area contributed by atoms with E-state index < -0.39 is 5.60 Å². The van der Waals surface area contributed by atoms with Gasteiger partial charge in [-0.1, -0.05) is 0 Å². The molecule has 1 amide bonds. The SMILES string of the molecule is CC(N)C(c1ccco1)N1CCN(C(=O)OC(C)(C)C)CC1. The molecule has 1 aromatic heterocycles. The maximum atomic E-state index is 12.1. The molecule has 2 N–H and O–H groups in total. The molecule has 6 heteroatoms. The molecule has 2 atom stereocenters. The summed E-state index contributed by atoms with van der Waals surface area (Å²) in [5, 5.41) is 0. The fraction of sp³-hybridized carbons (Fsp3) is 0.688. The monoisotopic (exact) mass is 309 g/mol. The summed E-state index contributed by atoms with van der Waals surface area (Å²) in [5.41, 5.74) is 5.67. The molecular formula is C16H27N3O3. The number of nitrogens with zero attached hydrogens (tertiary/aromatic N) is 2. The second-order valence-corrected chi connectivity index (χ2v) is 6.82. The summed E-state index contributed by atoms with van der Waals surface area (Å²) in [7, 11) is 0. The highest BCUT2D eigenvalue weighted by molar-refractivity contribution is 5.68. The Balaban J connectivity index is 1.95. The van der Waals surface area contributed by atoms with Crippen LogP contribution in [0.1, 0.15) is 39.5 Å². The second kappa shape index (κ2) is 6.71. The average molecular weight is 309 g/mol. The van der Waals surface area contributed by atoms with Crippen LogP contribution in [0.25, 0.3) is 0 Å². The molecule has 1 saturated heterocycles. The van der Waals surface area contributed by atoms with Gasteiger partial charge in [-0.15, -0.1) is 0 Å². The Hall–Kier alpha value is -1.53. The normalized spacial score (nSPS) is 19.8. The molecule has 1 aliphatic rings. The number of piperazine rings is 1. The summed E-state index contributed by atoms with van der Waals surface area (Å²) in [6.45, 7) is 10.4. The van der Waals surface area contributed by atoms with Gasteiger partial charge in [0, 0.05) is 32.2 Å². The van der Waals surface area contributed by atoms with Gasteiger partial charge < -0.3 is 19.8 Å². The van der Waals surface area contributed by atoms with E-state index in [1.807, 2.05) is 39.8 Å². The van der Waals surface area contributed by atoms with Crippen LogP contribution in [-0.4, -0.2) is 53.7 Å². The number of carbonyl (C=O) groups excluding carboxylic acids is 1. The van der Waals surface area contributed by atoms with E-state index in [4.69, 9.17) is 14.9 Å². The topological polar surface area (TPSA) is 71.9 Å². The van der Waals surface area contributed by atoms with Crippen LogP contribution in [0.5, 0.6) is 0 Å². The summed E-state index contributed by atoms with van der Waals surface area (Å²) in [6.07, 6.45) is 1.42. The van der Waals surface area contributed by atoms with Crippen molar-refractivity contribution >= 4 is 6.09 Å². The third-order valence-corrected chi connectivity index (χ3v) is 3.69. The lowest BCUT2D eigenvalue weighted by atomic mass is 10.1. The molecule has 6 nitrogen and oxygen atoms in total. The summed E-state index contributed by atoms with van der Waals surface area (Å²) < 4.78 is 10.9. The van der Waals surface area contributed by atoms with E-state index in [1.165, 1.54) is 0 Å². The predicted octanol–water partition coefficient (Wildman–Crippen LogP) is 2.22. The van der Waals surface area contributed by atoms with Gasteiger partial charge in [0.15, 0.2) is 0 Å². The Kier molecular flexibility index (Phi) is 5.13. The number of hydrogen-bond donors (Lipinski definition) is 1. The van der Waals surface area contributed by atoms with Crippen LogP contribution in [0, 0.1) is 0 Å². The Morgan fingerprint density at radius 2 is 1.95 bits per heavy atom. The first-order valence-electron chi connectivity index (χ1n) is 7.79. The van der Waals surface area contributed by atoms with E-state index in [9.17, 15) is 4.79 Å². The van der Waals surface area contributed by atoms with Gasteiger partial charge >= 0.3 is 6.09 Å². The van der Waals surface area contributed by atoms with Crippen molar-refractivity contribution in [2.75, 3.05) is 26.2 Å². The highest BCUT2D eigenvalue weighted by Gasteiger charge is 2.32. The Morgan fingerprint density at radius 1 is 1.32 bits per heavy atom. The van der Waals surface area contributed by atoms with Crippen molar-refractivity contribution < 1.29 is 13.9 Å². The number of furan rings is 1. The molecular weight excluding hydrogens is 282 g/mol. The van der Waals surface area contributed by atoms with E-state index in [-0.39, 0.29) is 18.2 Å². The van der Waals surface area contributed by atoms with Crippen LogP contribution in [0.2, 0.25) is 0 Å². The number of rotatable bonds is 3. The summed E-state index contributed by atoms with van der Waals surface area (Å²) >= 11 is 0. The average Bonchev–Trinajstić information content (AvgIpc) is 2.91. The maximum absolute atomic E-state index is 12.1. The first kappa shape index (κ1) is 16.8. The van der Waals surface area contributed by atoms with E-state index in [1.54, 1.807) is 11.2 Å². The quantitative estimate of drug-likeness (QED) is 0.927. The summed E-state index contributed by atoms with van der Waals surface area (Å²) in [4.78, 5) is 16.1. The number of carbonyl (C=O) groups is 1. The van der Waals surface area contributed by atoms with E-state index in [0.29, 0.717) is 13.1 Å². The van der Waals surface area contributed by atoms with Gasteiger partial charge in [0.2, 0.25) is 0 Å². The van der Waals surface area contributed by atoms with Gasteiger partial charge in [0.25, 0.3) is 0 Å². The van der Waals surface area contributed by atoms with Crippen LogP contribution in [0.4, 0.5) is 4.79 Å². The third kappa shape index (κ3) is 4.24. The van der Waals surface area contributed by atoms with Crippen molar-refractivity contribution in [2.24, 2.45) is 5.73 Å². The zero-order valence-electron chi connectivity index (χ0n) is 13.9. The number of ether oxygens (including phenoxy) is 1. The number of nitrogens with two attached hydrogens (primary N) is 1. The third-order valence-electron chi connectivity index (χ3n) is 3.69. The van der Waals surface area contributed by atoms with Crippen LogP contribution < -0.4 is 5.73 Å². The lowest BCUT2D eigenvalue weighted by Gasteiger charge is -2.40. The van der Waals surface area contributed by atoms with Crippen LogP contribution >= 0.6 is 0 Å². The summed E-state index contributed by atoms with van der Waals surface area (Å²) in [5.74, 6) is 0.876. The number of hydrogen-bond acceptors (Lipinski definition) is 5. The van der Waals surface area contributed by atoms with Gasteiger partial charge in [0.05, 0.1) is 12.3 Å². The molecule has 0 bridgehead atoms. The molecule has 0 aromatic carbocycles. The smallest absolute Gasteiger partial charge is 0.410 e. The molecule has 0 aliphatic carbocycles. The lowest BCUT2D eigenvalue weighted by molar-refractivity contribution is 0.00787. The largest absolute Gasteiger partial charge is 0.468 e. The molecule has 2 unspecified atom stereocenters. The number of amides is 1. The van der Waals surface area contributed by atoms with Gasteiger partial charge in [0.1, 0.15) is 11.4 Å². The first-order valence-corrected chi connectivity index (χ1v) is 7.79.